The van der Waals surface area contributed by atoms with Gasteiger partial charge in [0, 0.05) is 18.5 Å². The highest BCUT2D eigenvalue weighted by Crippen LogP contribution is 2.22. The molecule has 0 bridgehead atoms. The molecule has 25 heavy (non-hydrogen) atoms. The maximum atomic E-state index is 12.4. The number of carbonyl (C=O) groups is 2. The fourth-order valence-corrected chi connectivity index (χ4v) is 2.60. The van der Waals surface area contributed by atoms with E-state index in [1.165, 1.54) is 17.1 Å². The highest BCUT2D eigenvalue weighted by Gasteiger charge is 2.25. The van der Waals surface area contributed by atoms with Gasteiger partial charge in [-0.1, -0.05) is 29.8 Å². The molecule has 1 N–H and O–H groups in total. The van der Waals surface area contributed by atoms with Gasteiger partial charge in [0.05, 0.1) is 16.3 Å². The van der Waals surface area contributed by atoms with Gasteiger partial charge in [-0.25, -0.2) is 5.01 Å². The zero-order chi connectivity index (χ0) is 17.8. The molecule has 1 aliphatic rings. The lowest BCUT2D eigenvalue weighted by Crippen LogP contribution is -2.36. The summed E-state index contributed by atoms with van der Waals surface area (Å²) in [6.45, 7) is 0. The average Bonchev–Trinajstić information content (AvgIpc) is 2.63. The highest BCUT2D eigenvalue weighted by molar-refractivity contribution is 6.44. The molecule has 2 amide bonds. The van der Waals surface area contributed by atoms with Crippen LogP contribution in [0.1, 0.15) is 18.4 Å². The van der Waals surface area contributed by atoms with E-state index >= 15 is 0 Å². The summed E-state index contributed by atoms with van der Waals surface area (Å²) < 4.78 is 0. The third-order valence-corrected chi connectivity index (χ3v) is 3.96. The van der Waals surface area contributed by atoms with Crippen LogP contribution in [0.25, 0.3) is 0 Å². The number of benzene rings is 2. The predicted octanol–water partition coefficient (Wildman–Crippen LogP) is 3.33. The summed E-state index contributed by atoms with van der Waals surface area (Å²) in [5, 5.41) is 17.3. The third-order valence-electron chi connectivity index (χ3n) is 3.64. The van der Waals surface area contributed by atoms with Crippen molar-refractivity contribution in [2.45, 2.75) is 12.8 Å². The molecule has 0 radical (unpaired) electrons. The SMILES string of the molecule is N#Cc1ccc(NC(=O)C2=NN(c3ccccc3)C(=O)CC2)cc1Cl. The zero-order valence-electron chi connectivity index (χ0n) is 13.1. The van der Waals surface area contributed by atoms with Crippen molar-refractivity contribution >= 4 is 40.5 Å². The topological polar surface area (TPSA) is 85.6 Å². The maximum Gasteiger partial charge on any atom is 0.271 e. The molecular formula is C18H13ClN4O2. The van der Waals surface area contributed by atoms with Gasteiger partial charge in [-0.2, -0.15) is 10.4 Å². The lowest BCUT2D eigenvalue weighted by atomic mass is 10.1. The van der Waals surface area contributed by atoms with E-state index in [4.69, 9.17) is 16.9 Å². The molecule has 1 aliphatic heterocycles. The van der Waals surface area contributed by atoms with Crippen LogP contribution in [0.5, 0.6) is 0 Å². The number of hydrazone groups is 1. The second-order valence-corrected chi connectivity index (χ2v) is 5.76. The van der Waals surface area contributed by atoms with Gasteiger partial charge in [0.15, 0.2) is 0 Å². The average molecular weight is 353 g/mol. The fourth-order valence-electron chi connectivity index (χ4n) is 2.37. The summed E-state index contributed by atoms with van der Waals surface area (Å²) >= 11 is 5.96. The smallest absolute Gasteiger partial charge is 0.271 e. The summed E-state index contributed by atoms with van der Waals surface area (Å²) in [7, 11) is 0. The van der Waals surface area contributed by atoms with Crippen LogP contribution in [-0.2, 0) is 9.59 Å². The second kappa shape index (κ2) is 7.16. The molecule has 0 saturated heterocycles. The van der Waals surface area contributed by atoms with E-state index in [1.54, 1.807) is 30.3 Å². The molecule has 1 heterocycles. The fraction of sp³-hybridized carbons (Fsp3) is 0.111. The van der Waals surface area contributed by atoms with Crippen molar-refractivity contribution in [1.29, 1.82) is 5.26 Å². The first-order valence-corrected chi connectivity index (χ1v) is 7.93. The Bertz CT molecular complexity index is 903. The minimum absolute atomic E-state index is 0.163. The molecular weight excluding hydrogens is 340 g/mol. The number of rotatable bonds is 3. The Kier molecular flexibility index (Phi) is 4.78. The molecule has 7 heteroatoms. The lowest BCUT2D eigenvalue weighted by molar-refractivity contribution is -0.118. The number of nitrogens with zero attached hydrogens (tertiary/aromatic N) is 3. The second-order valence-electron chi connectivity index (χ2n) is 5.35. The minimum atomic E-state index is -0.408. The number of carbonyl (C=O) groups excluding carboxylic acids is 2. The first kappa shape index (κ1) is 16.7. The zero-order valence-corrected chi connectivity index (χ0v) is 13.8. The van der Waals surface area contributed by atoms with Crippen molar-refractivity contribution in [3.63, 3.8) is 0 Å². The van der Waals surface area contributed by atoms with Crippen molar-refractivity contribution < 1.29 is 9.59 Å². The van der Waals surface area contributed by atoms with E-state index < -0.39 is 5.91 Å². The number of nitriles is 1. The van der Waals surface area contributed by atoms with Crippen LogP contribution in [0.4, 0.5) is 11.4 Å². The third kappa shape index (κ3) is 3.67. The largest absolute Gasteiger partial charge is 0.321 e. The Balaban J connectivity index is 1.81. The molecule has 0 aliphatic carbocycles. The van der Waals surface area contributed by atoms with Gasteiger partial charge < -0.3 is 5.32 Å². The van der Waals surface area contributed by atoms with Crippen molar-refractivity contribution in [3.05, 3.63) is 59.1 Å². The molecule has 0 unspecified atom stereocenters. The summed E-state index contributed by atoms with van der Waals surface area (Å²) in [4.78, 5) is 24.5. The number of nitrogens with one attached hydrogen (secondary N) is 1. The van der Waals surface area contributed by atoms with E-state index in [-0.39, 0.29) is 29.5 Å². The molecule has 0 spiro atoms. The quantitative estimate of drug-likeness (QED) is 0.919. The van der Waals surface area contributed by atoms with E-state index in [2.05, 4.69) is 10.4 Å². The van der Waals surface area contributed by atoms with Crippen molar-refractivity contribution in [2.75, 3.05) is 10.3 Å². The molecule has 124 valence electrons. The number of anilines is 2. The van der Waals surface area contributed by atoms with Gasteiger partial charge in [0.25, 0.3) is 5.91 Å². The normalized spacial score (nSPS) is 13.8. The summed E-state index contributed by atoms with van der Waals surface area (Å²) in [6.07, 6.45) is 0.466. The first-order valence-electron chi connectivity index (χ1n) is 7.55. The molecule has 0 fully saturated rings. The lowest BCUT2D eigenvalue weighted by Gasteiger charge is -2.23. The monoisotopic (exact) mass is 352 g/mol. The predicted molar refractivity (Wildman–Crippen MR) is 95.4 cm³/mol. The van der Waals surface area contributed by atoms with Crippen LogP contribution in [0.15, 0.2) is 53.6 Å². The Labute approximate surface area is 149 Å². The number of para-hydroxylation sites is 1. The molecule has 0 saturated carbocycles. The van der Waals surface area contributed by atoms with Gasteiger partial charge in [0.2, 0.25) is 5.91 Å². The Morgan fingerprint density at radius 3 is 2.64 bits per heavy atom. The van der Waals surface area contributed by atoms with Crippen LogP contribution in [0.2, 0.25) is 5.02 Å². The van der Waals surface area contributed by atoms with Crippen molar-refractivity contribution in [3.8, 4) is 6.07 Å². The number of hydrogen-bond donors (Lipinski definition) is 1. The summed E-state index contributed by atoms with van der Waals surface area (Å²) in [5.74, 6) is -0.571. The van der Waals surface area contributed by atoms with Crippen molar-refractivity contribution in [2.24, 2.45) is 5.10 Å². The summed E-state index contributed by atoms with van der Waals surface area (Å²) in [6, 6.07) is 15.5. The molecule has 6 nitrogen and oxygen atoms in total. The van der Waals surface area contributed by atoms with Gasteiger partial charge in [-0.15, -0.1) is 0 Å². The van der Waals surface area contributed by atoms with Crippen LogP contribution in [0, 0.1) is 11.3 Å². The Morgan fingerprint density at radius 2 is 1.96 bits per heavy atom. The van der Waals surface area contributed by atoms with Crippen LogP contribution in [-0.4, -0.2) is 17.5 Å². The number of halogens is 1. The van der Waals surface area contributed by atoms with Crippen molar-refractivity contribution in [1.82, 2.24) is 0 Å². The van der Waals surface area contributed by atoms with Gasteiger partial charge in [-0.05, 0) is 30.3 Å². The Hall–Kier alpha value is -3.17. The van der Waals surface area contributed by atoms with E-state index in [1.807, 2.05) is 12.1 Å². The molecule has 2 aromatic carbocycles. The van der Waals surface area contributed by atoms with E-state index in [0.717, 1.165) is 0 Å². The van der Waals surface area contributed by atoms with Gasteiger partial charge >= 0.3 is 0 Å². The maximum absolute atomic E-state index is 12.4. The van der Waals surface area contributed by atoms with Gasteiger partial charge in [0.1, 0.15) is 11.8 Å². The summed E-state index contributed by atoms with van der Waals surface area (Å²) in [5.41, 5.74) is 1.65. The number of amides is 2. The highest BCUT2D eigenvalue weighted by atomic mass is 35.5. The Morgan fingerprint density at radius 1 is 1.20 bits per heavy atom. The molecule has 2 aromatic rings. The minimum Gasteiger partial charge on any atom is -0.321 e. The standard InChI is InChI=1S/C18H13ClN4O2/c19-15-10-13(7-6-12(15)11-20)21-18(25)16-8-9-17(24)23(22-16)14-4-2-1-3-5-14/h1-7,10H,8-9H2,(H,21,25). The van der Waals surface area contributed by atoms with E-state index in [0.29, 0.717) is 16.9 Å². The first-order chi connectivity index (χ1) is 12.1. The van der Waals surface area contributed by atoms with Crippen LogP contribution in [0.3, 0.4) is 0 Å². The van der Waals surface area contributed by atoms with Crippen LogP contribution < -0.4 is 10.3 Å². The van der Waals surface area contributed by atoms with Gasteiger partial charge in [-0.3, -0.25) is 9.59 Å². The molecule has 3 rings (SSSR count). The number of hydrogen-bond acceptors (Lipinski definition) is 4. The molecule has 0 atom stereocenters. The van der Waals surface area contributed by atoms with E-state index in [9.17, 15) is 9.59 Å². The van der Waals surface area contributed by atoms with Crippen LogP contribution >= 0.6 is 11.6 Å². The molecule has 0 aromatic heterocycles.